The normalized spacial score (nSPS) is 14.4. The van der Waals surface area contributed by atoms with Crippen LogP contribution in [0.15, 0.2) is 41.3 Å². The molecule has 0 fully saturated rings. The third-order valence-electron chi connectivity index (χ3n) is 3.76. The highest BCUT2D eigenvalue weighted by atomic mass is 16.3. The first-order chi connectivity index (χ1) is 9.63. The predicted molar refractivity (Wildman–Crippen MR) is 80.2 cm³/mol. The maximum absolute atomic E-state index is 6.32. The second-order valence-electron chi connectivity index (χ2n) is 5.22. The molecule has 2 N–H and O–H groups in total. The molecule has 0 aromatic carbocycles. The summed E-state index contributed by atoms with van der Waals surface area (Å²) in [6, 6.07) is 6.30. The zero-order valence-electron chi connectivity index (χ0n) is 12.4. The van der Waals surface area contributed by atoms with E-state index in [-0.39, 0.29) is 12.1 Å². The van der Waals surface area contributed by atoms with Crippen LogP contribution in [0.5, 0.6) is 0 Å². The first kappa shape index (κ1) is 14.8. The second kappa shape index (κ2) is 6.68. The molecule has 2 aromatic heterocycles. The molecule has 0 radical (unpaired) electrons. The Kier molecular flexibility index (Phi) is 4.93. The summed E-state index contributed by atoms with van der Waals surface area (Å²) < 4.78 is 5.37. The second-order valence-corrected chi connectivity index (χ2v) is 5.22. The van der Waals surface area contributed by atoms with Crippen LogP contribution >= 0.6 is 0 Å². The quantitative estimate of drug-likeness (QED) is 0.879. The number of hydrogen-bond donors (Lipinski definition) is 1. The van der Waals surface area contributed by atoms with Crippen molar-refractivity contribution in [3.63, 3.8) is 0 Å². The highest BCUT2D eigenvalue weighted by Gasteiger charge is 2.24. The van der Waals surface area contributed by atoms with E-state index >= 15 is 0 Å². The standard InChI is InChI=1S/C16H23N3O/c1-4-15(17)16(13-6-5-8-18-10-13)19(3)11-14-7-9-20-12(14)2/h5-10,15-16H,4,11,17H2,1-3H3. The summed E-state index contributed by atoms with van der Waals surface area (Å²) in [4.78, 5) is 6.49. The highest BCUT2D eigenvalue weighted by molar-refractivity contribution is 5.19. The Morgan fingerprint density at radius 2 is 2.20 bits per heavy atom. The van der Waals surface area contributed by atoms with Gasteiger partial charge in [0.05, 0.1) is 12.3 Å². The predicted octanol–water partition coefficient (Wildman–Crippen LogP) is 2.89. The lowest BCUT2D eigenvalue weighted by molar-refractivity contribution is 0.200. The lowest BCUT2D eigenvalue weighted by Crippen LogP contribution is -2.38. The van der Waals surface area contributed by atoms with Gasteiger partial charge in [-0.1, -0.05) is 13.0 Å². The van der Waals surface area contributed by atoms with Gasteiger partial charge in [-0.2, -0.15) is 0 Å². The van der Waals surface area contributed by atoms with Gasteiger partial charge in [0, 0.05) is 30.5 Å². The van der Waals surface area contributed by atoms with E-state index in [1.165, 1.54) is 5.56 Å². The largest absolute Gasteiger partial charge is 0.469 e. The minimum atomic E-state index is 0.0800. The first-order valence-electron chi connectivity index (χ1n) is 7.02. The van der Waals surface area contributed by atoms with Crippen molar-refractivity contribution in [3.8, 4) is 0 Å². The Labute approximate surface area is 120 Å². The van der Waals surface area contributed by atoms with Gasteiger partial charge in [0.15, 0.2) is 0 Å². The lowest BCUT2D eigenvalue weighted by Gasteiger charge is -2.32. The van der Waals surface area contributed by atoms with Gasteiger partial charge in [0.2, 0.25) is 0 Å². The van der Waals surface area contributed by atoms with Gasteiger partial charge in [0.1, 0.15) is 5.76 Å². The van der Waals surface area contributed by atoms with E-state index in [2.05, 4.69) is 29.9 Å². The van der Waals surface area contributed by atoms with E-state index < -0.39 is 0 Å². The minimum absolute atomic E-state index is 0.0800. The van der Waals surface area contributed by atoms with Crippen molar-refractivity contribution in [2.45, 2.75) is 38.9 Å². The molecule has 4 nitrogen and oxygen atoms in total. The van der Waals surface area contributed by atoms with Crippen LogP contribution in [-0.2, 0) is 6.54 Å². The number of pyridine rings is 1. The van der Waals surface area contributed by atoms with Crippen LogP contribution in [0.2, 0.25) is 0 Å². The fraction of sp³-hybridized carbons (Fsp3) is 0.438. The summed E-state index contributed by atoms with van der Waals surface area (Å²) in [5, 5.41) is 0. The maximum atomic E-state index is 6.32. The van der Waals surface area contributed by atoms with E-state index in [4.69, 9.17) is 10.2 Å². The van der Waals surface area contributed by atoms with Gasteiger partial charge in [-0.15, -0.1) is 0 Å². The fourth-order valence-corrected chi connectivity index (χ4v) is 2.55. The average Bonchev–Trinajstić information content (AvgIpc) is 2.85. The fourth-order valence-electron chi connectivity index (χ4n) is 2.55. The molecule has 2 atom stereocenters. The SMILES string of the molecule is CCC(N)C(c1cccnc1)N(C)Cc1ccoc1C. The number of nitrogens with two attached hydrogens (primary N) is 1. The van der Waals surface area contributed by atoms with E-state index in [1.54, 1.807) is 12.5 Å². The van der Waals surface area contributed by atoms with Gasteiger partial charge in [-0.3, -0.25) is 9.88 Å². The average molecular weight is 273 g/mol. The van der Waals surface area contributed by atoms with Gasteiger partial charge in [-0.25, -0.2) is 0 Å². The number of aromatic nitrogens is 1. The topological polar surface area (TPSA) is 55.3 Å². The minimum Gasteiger partial charge on any atom is -0.469 e. The molecule has 0 spiro atoms. The summed E-state index contributed by atoms with van der Waals surface area (Å²) in [6.45, 7) is 4.92. The monoisotopic (exact) mass is 273 g/mol. The van der Waals surface area contributed by atoms with E-state index in [1.807, 2.05) is 25.3 Å². The number of furan rings is 1. The summed E-state index contributed by atoms with van der Waals surface area (Å²) in [6.07, 6.45) is 6.35. The number of aryl methyl sites for hydroxylation is 1. The molecule has 2 heterocycles. The zero-order chi connectivity index (χ0) is 14.5. The molecule has 20 heavy (non-hydrogen) atoms. The van der Waals surface area contributed by atoms with Crippen LogP contribution in [0.4, 0.5) is 0 Å². The molecular formula is C16H23N3O. The van der Waals surface area contributed by atoms with Gasteiger partial charge in [-0.05, 0) is 38.1 Å². The Hall–Kier alpha value is -1.65. The van der Waals surface area contributed by atoms with Crippen LogP contribution < -0.4 is 5.73 Å². The zero-order valence-corrected chi connectivity index (χ0v) is 12.4. The maximum Gasteiger partial charge on any atom is 0.105 e. The summed E-state index contributed by atoms with van der Waals surface area (Å²) in [5.74, 6) is 0.965. The van der Waals surface area contributed by atoms with Crippen molar-refractivity contribution < 1.29 is 4.42 Å². The molecule has 2 unspecified atom stereocenters. The Bertz CT molecular complexity index is 524. The molecule has 0 aliphatic heterocycles. The third-order valence-corrected chi connectivity index (χ3v) is 3.76. The first-order valence-corrected chi connectivity index (χ1v) is 7.02. The van der Waals surface area contributed by atoms with Crippen molar-refractivity contribution in [2.24, 2.45) is 5.73 Å². The Balaban J connectivity index is 2.21. The molecule has 2 aromatic rings. The van der Waals surface area contributed by atoms with Crippen molar-refractivity contribution in [1.29, 1.82) is 0 Å². The van der Waals surface area contributed by atoms with Crippen LogP contribution in [0.25, 0.3) is 0 Å². The Morgan fingerprint density at radius 3 is 2.75 bits per heavy atom. The summed E-state index contributed by atoms with van der Waals surface area (Å²) in [7, 11) is 2.10. The van der Waals surface area contributed by atoms with E-state index in [0.29, 0.717) is 0 Å². The smallest absolute Gasteiger partial charge is 0.105 e. The molecular weight excluding hydrogens is 250 g/mol. The van der Waals surface area contributed by atoms with Crippen LogP contribution in [0.3, 0.4) is 0 Å². The molecule has 0 saturated heterocycles. The number of rotatable bonds is 6. The number of likely N-dealkylation sites (N-methyl/N-ethyl adjacent to an activating group) is 1. The molecule has 0 amide bonds. The van der Waals surface area contributed by atoms with Crippen molar-refractivity contribution >= 4 is 0 Å². The Morgan fingerprint density at radius 1 is 1.40 bits per heavy atom. The highest BCUT2D eigenvalue weighted by Crippen LogP contribution is 2.25. The summed E-state index contributed by atoms with van der Waals surface area (Å²) >= 11 is 0. The van der Waals surface area contributed by atoms with Crippen LogP contribution in [-0.4, -0.2) is 23.0 Å². The molecule has 0 saturated carbocycles. The van der Waals surface area contributed by atoms with Gasteiger partial charge in [0.25, 0.3) is 0 Å². The van der Waals surface area contributed by atoms with Gasteiger partial charge < -0.3 is 10.2 Å². The van der Waals surface area contributed by atoms with Crippen molar-refractivity contribution in [1.82, 2.24) is 9.88 Å². The van der Waals surface area contributed by atoms with Crippen LogP contribution in [0, 0.1) is 6.92 Å². The lowest BCUT2D eigenvalue weighted by atomic mass is 9.97. The number of nitrogens with zero attached hydrogens (tertiary/aromatic N) is 2. The molecule has 108 valence electrons. The number of hydrogen-bond acceptors (Lipinski definition) is 4. The van der Waals surface area contributed by atoms with Crippen molar-refractivity contribution in [2.75, 3.05) is 7.05 Å². The van der Waals surface area contributed by atoms with Gasteiger partial charge >= 0.3 is 0 Å². The molecule has 0 bridgehead atoms. The molecule has 2 rings (SSSR count). The van der Waals surface area contributed by atoms with Crippen LogP contribution in [0.1, 0.15) is 36.3 Å². The molecule has 0 aliphatic carbocycles. The molecule has 4 heteroatoms. The third kappa shape index (κ3) is 3.26. The van der Waals surface area contributed by atoms with E-state index in [0.717, 1.165) is 24.3 Å². The molecule has 0 aliphatic rings. The summed E-state index contributed by atoms with van der Waals surface area (Å²) in [5.41, 5.74) is 8.68. The van der Waals surface area contributed by atoms with Crippen molar-refractivity contribution in [3.05, 3.63) is 53.7 Å². The van der Waals surface area contributed by atoms with E-state index in [9.17, 15) is 0 Å².